The van der Waals surface area contributed by atoms with E-state index >= 15 is 0 Å². The van der Waals surface area contributed by atoms with Gasteiger partial charge in [0, 0.05) is 27.8 Å². The highest BCUT2D eigenvalue weighted by atomic mass is 32.1. The molecule has 3 nitrogen and oxygen atoms in total. The van der Waals surface area contributed by atoms with Crippen LogP contribution in [0.2, 0.25) is 0 Å². The van der Waals surface area contributed by atoms with Crippen LogP contribution in [0, 0.1) is 0 Å². The third kappa shape index (κ3) is 2.40. The van der Waals surface area contributed by atoms with Gasteiger partial charge in [0.25, 0.3) is 0 Å². The third-order valence-corrected chi connectivity index (χ3v) is 4.12. The van der Waals surface area contributed by atoms with Crippen molar-refractivity contribution in [2.45, 2.75) is 31.0 Å². The van der Waals surface area contributed by atoms with Gasteiger partial charge in [-0.15, -0.1) is 11.3 Å². The van der Waals surface area contributed by atoms with Crippen molar-refractivity contribution < 1.29 is 17.9 Å². The average molecular weight is 278 g/mol. The summed E-state index contributed by atoms with van der Waals surface area (Å²) in [5.74, 6) is -0.196. The van der Waals surface area contributed by atoms with E-state index in [1.165, 1.54) is 17.4 Å². The molecular weight excluding hydrogens is 265 g/mol. The first-order valence-electron chi connectivity index (χ1n) is 5.27. The largest absolute Gasteiger partial charge is 0.467 e. The summed E-state index contributed by atoms with van der Waals surface area (Å²) in [5, 5.41) is 1.70. The number of hydrogen-bond donors (Lipinski definition) is 2. The number of anilines is 1. The first kappa shape index (κ1) is 13.1. The minimum Gasteiger partial charge on any atom is -0.467 e. The molecule has 100 valence electrons. The Morgan fingerprint density at radius 2 is 2.11 bits per heavy atom. The SMILES string of the molecule is C[C@]1(c2cc(N)cs2)C=C(N)OC(C(F)(F)F)C1. The second-order valence-corrected chi connectivity index (χ2v) is 5.47. The van der Waals surface area contributed by atoms with Crippen LogP contribution in [-0.4, -0.2) is 12.3 Å². The Kier molecular flexibility index (Phi) is 2.96. The monoisotopic (exact) mass is 278 g/mol. The van der Waals surface area contributed by atoms with E-state index in [0.29, 0.717) is 5.69 Å². The number of alkyl halides is 3. The molecule has 2 rings (SSSR count). The zero-order valence-electron chi connectivity index (χ0n) is 9.62. The molecule has 0 aliphatic carbocycles. The van der Waals surface area contributed by atoms with Crippen LogP contribution < -0.4 is 11.5 Å². The molecule has 2 atom stereocenters. The number of hydrogen-bond acceptors (Lipinski definition) is 4. The molecule has 1 aliphatic rings. The van der Waals surface area contributed by atoms with Gasteiger partial charge in [-0.3, -0.25) is 0 Å². The maximum absolute atomic E-state index is 12.7. The van der Waals surface area contributed by atoms with Crippen LogP contribution in [0.1, 0.15) is 18.2 Å². The standard InChI is InChI=1S/C11H13F3N2OS/c1-10(8-2-6(15)5-18-8)3-7(11(12,13)14)17-9(16)4-10/h2,4-5,7H,3,15-16H2,1H3/t7?,10-/m1/s1. The first-order chi connectivity index (χ1) is 8.21. The molecule has 0 fully saturated rings. The molecule has 0 saturated carbocycles. The van der Waals surface area contributed by atoms with Crippen LogP contribution in [0.4, 0.5) is 18.9 Å². The lowest BCUT2D eigenvalue weighted by atomic mass is 9.81. The van der Waals surface area contributed by atoms with Gasteiger partial charge in [0.1, 0.15) is 0 Å². The molecule has 1 aliphatic heterocycles. The molecule has 0 aromatic carbocycles. The molecule has 0 saturated heterocycles. The zero-order valence-corrected chi connectivity index (χ0v) is 10.4. The molecule has 1 unspecified atom stereocenters. The van der Waals surface area contributed by atoms with E-state index in [9.17, 15) is 13.2 Å². The maximum Gasteiger partial charge on any atom is 0.425 e. The van der Waals surface area contributed by atoms with Gasteiger partial charge in [-0.05, 0) is 12.1 Å². The van der Waals surface area contributed by atoms with E-state index in [0.717, 1.165) is 4.88 Å². The number of allylic oxidation sites excluding steroid dienone is 1. The summed E-state index contributed by atoms with van der Waals surface area (Å²) in [7, 11) is 0. The molecule has 2 heterocycles. The molecule has 4 N–H and O–H groups in total. The minimum absolute atomic E-state index is 0.196. The summed E-state index contributed by atoms with van der Waals surface area (Å²) in [6.45, 7) is 1.70. The summed E-state index contributed by atoms with van der Waals surface area (Å²) in [6, 6.07) is 1.67. The highest BCUT2D eigenvalue weighted by molar-refractivity contribution is 7.10. The fourth-order valence-corrected chi connectivity index (χ4v) is 2.95. The molecule has 0 amide bonds. The Balaban J connectivity index is 2.36. The van der Waals surface area contributed by atoms with E-state index in [1.54, 1.807) is 18.4 Å². The van der Waals surface area contributed by atoms with Crippen LogP contribution in [0.3, 0.4) is 0 Å². The molecule has 1 aromatic rings. The fourth-order valence-electron chi connectivity index (χ4n) is 2.00. The van der Waals surface area contributed by atoms with E-state index in [2.05, 4.69) is 4.74 Å². The van der Waals surface area contributed by atoms with Gasteiger partial charge < -0.3 is 16.2 Å². The van der Waals surface area contributed by atoms with Gasteiger partial charge in [-0.25, -0.2) is 0 Å². The Bertz CT molecular complexity index is 483. The van der Waals surface area contributed by atoms with Gasteiger partial charge in [-0.1, -0.05) is 6.92 Å². The van der Waals surface area contributed by atoms with Crippen molar-refractivity contribution in [3.8, 4) is 0 Å². The van der Waals surface area contributed by atoms with Crippen molar-refractivity contribution in [1.29, 1.82) is 0 Å². The van der Waals surface area contributed by atoms with Gasteiger partial charge in [0.05, 0.1) is 0 Å². The predicted octanol–water partition coefficient (Wildman–Crippen LogP) is 2.74. The quantitative estimate of drug-likeness (QED) is 0.830. The van der Waals surface area contributed by atoms with Crippen molar-refractivity contribution in [3.63, 3.8) is 0 Å². The van der Waals surface area contributed by atoms with Crippen LogP contribution in [0.15, 0.2) is 23.4 Å². The highest BCUT2D eigenvalue weighted by Gasteiger charge is 2.48. The second-order valence-electron chi connectivity index (χ2n) is 4.56. The Hall–Kier alpha value is -1.37. The van der Waals surface area contributed by atoms with Crippen LogP contribution in [0.5, 0.6) is 0 Å². The van der Waals surface area contributed by atoms with Gasteiger partial charge in [0.15, 0.2) is 12.0 Å². The smallest absolute Gasteiger partial charge is 0.425 e. The van der Waals surface area contributed by atoms with E-state index < -0.39 is 17.7 Å². The van der Waals surface area contributed by atoms with Crippen molar-refractivity contribution in [1.82, 2.24) is 0 Å². The molecule has 18 heavy (non-hydrogen) atoms. The van der Waals surface area contributed by atoms with Gasteiger partial charge in [0.2, 0.25) is 0 Å². The van der Waals surface area contributed by atoms with Crippen LogP contribution in [0.25, 0.3) is 0 Å². The lowest BCUT2D eigenvalue weighted by molar-refractivity contribution is -0.218. The summed E-state index contributed by atoms with van der Waals surface area (Å²) in [5.41, 5.74) is 10.8. The minimum atomic E-state index is -4.43. The number of nitrogens with two attached hydrogens (primary N) is 2. The molecule has 1 aromatic heterocycles. The maximum atomic E-state index is 12.7. The van der Waals surface area contributed by atoms with Crippen LogP contribution >= 0.6 is 11.3 Å². The van der Waals surface area contributed by atoms with Gasteiger partial charge in [-0.2, -0.15) is 13.2 Å². The lowest BCUT2D eigenvalue weighted by Crippen LogP contribution is -2.42. The number of thiophene rings is 1. The van der Waals surface area contributed by atoms with Gasteiger partial charge >= 0.3 is 6.18 Å². The van der Waals surface area contributed by atoms with E-state index in [4.69, 9.17) is 11.5 Å². The number of nitrogen functional groups attached to an aromatic ring is 1. The number of ether oxygens (including phenoxy) is 1. The molecule has 7 heteroatoms. The Morgan fingerprint density at radius 1 is 1.44 bits per heavy atom. The Morgan fingerprint density at radius 3 is 2.61 bits per heavy atom. The summed E-state index contributed by atoms with van der Waals surface area (Å²) < 4.78 is 42.9. The highest BCUT2D eigenvalue weighted by Crippen LogP contribution is 2.43. The number of halogens is 3. The lowest BCUT2D eigenvalue weighted by Gasteiger charge is -2.35. The van der Waals surface area contributed by atoms with E-state index in [1.807, 2.05) is 0 Å². The first-order valence-corrected chi connectivity index (χ1v) is 6.15. The summed E-state index contributed by atoms with van der Waals surface area (Å²) >= 11 is 1.32. The third-order valence-electron chi connectivity index (χ3n) is 2.90. The number of rotatable bonds is 1. The van der Waals surface area contributed by atoms with E-state index in [-0.39, 0.29) is 12.3 Å². The fraction of sp³-hybridized carbons (Fsp3) is 0.455. The average Bonchev–Trinajstić information content (AvgIpc) is 2.63. The summed E-state index contributed by atoms with van der Waals surface area (Å²) in [6.07, 6.45) is -4.99. The zero-order chi connectivity index (χ0) is 13.6. The van der Waals surface area contributed by atoms with Crippen molar-refractivity contribution in [2.75, 3.05) is 5.73 Å². The van der Waals surface area contributed by atoms with Crippen LogP contribution in [-0.2, 0) is 10.2 Å². The normalized spacial score (nSPS) is 28.7. The molecular formula is C11H13F3N2OS. The van der Waals surface area contributed by atoms with Crippen molar-refractivity contribution in [3.05, 3.63) is 28.3 Å². The topological polar surface area (TPSA) is 61.3 Å². The molecule has 0 radical (unpaired) electrons. The molecule has 0 bridgehead atoms. The molecule has 0 spiro atoms. The Labute approximate surface area is 106 Å². The summed E-state index contributed by atoms with van der Waals surface area (Å²) in [4.78, 5) is 0.750. The van der Waals surface area contributed by atoms with Crippen molar-refractivity contribution in [2.24, 2.45) is 5.73 Å². The predicted molar refractivity (Wildman–Crippen MR) is 63.9 cm³/mol. The second kappa shape index (κ2) is 4.08. The van der Waals surface area contributed by atoms with Crippen molar-refractivity contribution >= 4 is 17.0 Å².